The van der Waals surface area contributed by atoms with Crippen molar-refractivity contribution in [2.24, 2.45) is 0 Å². The van der Waals surface area contributed by atoms with Gasteiger partial charge in [-0.25, -0.2) is 4.98 Å². The second-order valence-electron chi connectivity index (χ2n) is 5.33. The Morgan fingerprint density at radius 2 is 1.83 bits per heavy atom. The zero-order chi connectivity index (χ0) is 16.2. The van der Waals surface area contributed by atoms with Crippen LogP contribution in [0.1, 0.15) is 17.4 Å². The molecule has 0 saturated carbocycles. The summed E-state index contributed by atoms with van der Waals surface area (Å²) >= 11 is 1.27. The van der Waals surface area contributed by atoms with Crippen LogP contribution in [0.25, 0.3) is 0 Å². The van der Waals surface area contributed by atoms with Crippen LogP contribution in [0.5, 0.6) is 0 Å². The summed E-state index contributed by atoms with van der Waals surface area (Å²) < 4.78 is 0. The molecule has 2 heterocycles. The molecule has 0 spiro atoms. The molecule has 6 nitrogen and oxygen atoms in total. The first-order valence-electron chi connectivity index (χ1n) is 7.46. The third kappa shape index (κ3) is 3.68. The number of carbonyl (C=O) groups is 2. The van der Waals surface area contributed by atoms with Crippen LogP contribution in [0, 0.1) is 0 Å². The molecule has 2 amide bonds. The maximum Gasteiger partial charge on any atom is 0.273 e. The van der Waals surface area contributed by atoms with E-state index in [4.69, 9.17) is 0 Å². The number of carbonyl (C=O) groups excluding carboxylic acids is 2. The van der Waals surface area contributed by atoms with Crippen LogP contribution < -0.4 is 10.2 Å². The van der Waals surface area contributed by atoms with E-state index in [0.717, 1.165) is 13.1 Å². The van der Waals surface area contributed by atoms with Gasteiger partial charge in [0.25, 0.3) is 5.91 Å². The number of hydrogen-bond acceptors (Lipinski definition) is 5. The molecule has 1 aromatic heterocycles. The van der Waals surface area contributed by atoms with E-state index >= 15 is 0 Å². The molecular weight excluding hydrogens is 312 g/mol. The molecule has 0 atom stereocenters. The molecule has 7 heteroatoms. The van der Waals surface area contributed by atoms with Gasteiger partial charge in [0.2, 0.25) is 5.91 Å². The van der Waals surface area contributed by atoms with Crippen molar-refractivity contribution in [1.82, 2.24) is 9.88 Å². The molecule has 0 radical (unpaired) electrons. The summed E-state index contributed by atoms with van der Waals surface area (Å²) in [5.41, 5.74) is 1.58. The van der Waals surface area contributed by atoms with Crippen molar-refractivity contribution >= 4 is 34.0 Å². The predicted octanol–water partition coefficient (Wildman–Crippen LogP) is 2.06. The molecule has 23 heavy (non-hydrogen) atoms. The normalized spacial score (nSPS) is 14.7. The lowest BCUT2D eigenvalue weighted by atomic mass is 10.2. The summed E-state index contributed by atoms with van der Waals surface area (Å²) in [6, 6.07) is 10.2. The molecule has 1 fully saturated rings. The highest BCUT2D eigenvalue weighted by molar-refractivity contribution is 7.14. The average molecular weight is 330 g/mol. The van der Waals surface area contributed by atoms with E-state index < -0.39 is 0 Å². The predicted molar refractivity (Wildman–Crippen MR) is 91.0 cm³/mol. The maximum atomic E-state index is 12.5. The Morgan fingerprint density at radius 3 is 2.48 bits per heavy atom. The third-order valence-electron chi connectivity index (χ3n) is 3.69. The molecule has 0 unspecified atom stereocenters. The van der Waals surface area contributed by atoms with E-state index in [9.17, 15) is 9.59 Å². The van der Waals surface area contributed by atoms with E-state index in [2.05, 4.69) is 27.3 Å². The van der Waals surface area contributed by atoms with Gasteiger partial charge in [0, 0.05) is 44.2 Å². The highest BCUT2D eigenvalue weighted by Gasteiger charge is 2.24. The second kappa shape index (κ2) is 6.78. The van der Waals surface area contributed by atoms with Crippen LogP contribution in [0.4, 0.5) is 10.8 Å². The van der Waals surface area contributed by atoms with Gasteiger partial charge in [-0.15, -0.1) is 11.3 Å². The molecule has 1 aliphatic heterocycles. The second-order valence-corrected chi connectivity index (χ2v) is 6.19. The summed E-state index contributed by atoms with van der Waals surface area (Å²) in [6.07, 6.45) is 0. The lowest BCUT2D eigenvalue weighted by molar-refractivity contribution is -0.114. The Hall–Kier alpha value is -2.41. The number of aromatic nitrogens is 1. The minimum atomic E-state index is -0.185. The van der Waals surface area contributed by atoms with Gasteiger partial charge in [-0.3, -0.25) is 9.59 Å². The lowest BCUT2D eigenvalue weighted by Gasteiger charge is -2.35. The monoisotopic (exact) mass is 330 g/mol. The highest BCUT2D eigenvalue weighted by Crippen LogP contribution is 2.19. The van der Waals surface area contributed by atoms with Crippen molar-refractivity contribution in [3.8, 4) is 0 Å². The molecule has 1 saturated heterocycles. The molecular formula is C16H18N4O2S. The summed E-state index contributed by atoms with van der Waals surface area (Å²) in [6.45, 7) is 4.37. The van der Waals surface area contributed by atoms with Crippen molar-refractivity contribution < 1.29 is 9.59 Å². The summed E-state index contributed by atoms with van der Waals surface area (Å²) in [4.78, 5) is 31.8. The van der Waals surface area contributed by atoms with Crippen LogP contribution in [0.3, 0.4) is 0 Å². The Balaban J connectivity index is 1.60. The first-order chi connectivity index (χ1) is 11.1. The number of nitrogens with one attached hydrogen (secondary N) is 1. The van der Waals surface area contributed by atoms with Gasteiger partial charge in [0.05, 0.1) is 0 Å². The van der Waals surface area contributed by atoms with Crippen molar-refractivity contribution in [1.29, 1.82) is 0 Å². The first-order valence-corrected chi connectivity index (χ1v) is 8.34. The maximum absolute atomic E-state index is 12.5. The van der Waals surface area contributed by atoms with Gasteiger partial charge in [0.15, 0.2) is 5.13 Å². The van der Waals surface area contributed by atoms with E-state index in [-0.39, 0.29) is 11.8 Å². The molecule has 1 aliphatic rings. The number of amides is 2. The summed E-state index contributed by atoms with van der Waals surface area (Å²) in [5, 5.41) is 4.75. The van der Waals surface area contributed by atoms with Crippen molar-refractivity contribution in [3.63, 3.8) is 0 Å². The number of benzene rings is 1. The smallest absolute Gasteiger partial charge is 0.273 e. The van der Waals surface area contributed by atoms with Gasteiger partial charge < -0.3 is 15.1 Å². The SMILES string of the molecule is CC(=O)Nc1nc(C(=O)N2CCN(c3ccccc3)CC2)cs1. The lowest BCUT2D eigenvalue weighted by Crippen LogP contribution is -2.48. The number of anilines is 2. The van der Waals surface area contributed by atoms with Crippen LogP contribution >= 0.6 is 11.3 Å². The van der Waals surface area contributed by atoms with Crippen molar-refractivity contribution in [2.75, 3.05) is 36.4 Å². The van der Waals surface area contributed by atoms with Gasteiger partial charge in [0.1, 0.15) is 5.69 Å². The van der Waals surface area contributed by atoms with Crippen molar-refractivity contribution in [2.45, 2.75) is 6.92 Å². The largest absolute Gasteiger partial charge is 0.368 e. The molecule has 3 rings (SSSR count). The first kappa shape index (κ1) is 15.5. The summed E-state index contributed by atoms with van der Waals surface area (Å²) in [5.74, 6) is -0.264. The minimum absolute atomic E-state index is 0.0782. The number of nitrogens with zero attached hydrogens (tertiary/aromatic N) is 3. The van der Waals surface area contributed by atoms with Gasteiger partial charge >= 0.3 is 0 Å². The van der Waals surface area contributed by atoms with Crippen LogP contribution in [-0.2, 0) is 4.79 Å². The quantitative estimate of drug-likeness (QED) is 0.935. The number of hydrogen-bond donors (Lipinski definition) is 1. The zero-order valence-electron chi connectivity index (χ0n) is 12.9. The molecule has 2 aromatic rings. The van der Waals surface area contributed by atoms with Crippen LogP contribution in [-0.4, -0.2) is 47.9 Å². The van der Waals surface area contributed by atoms with Gasteiger partial charge in [-0.2, -0.15) is 0 Å². The van der Waals surface area contributed by atoms with Gasteiger partial charge in [-0.1, -0.05) is 18.2 Å². The van der Waals surface area contributed by atoms with Crippen LogP contribution in [0.15, 0.2) is 35.7 Å². The molecule has 0 aliphatic carbocycles. The number of para-hydroxylation sites is 1. The standard InChI is InChI=1S/C16H18N4O2S/c1-12(21)17-16-18-14(11-23-16)15(22)20-9-7-19(8-10-20)13-5-3-2-4-6-13/h2-6,11H,7-10H2,1H3,(H,17,18,21). The van der Waals surface area contributed by atoms with E-state index in [1.54, 1.807) is 5.38 Å². The third-order valence-corrected chi connectivity index (χ3v) is 4.45. The van der Waals surface area contributed by atoms with E-state index in [1.165, 1.54) is 23.9 Å². The fraction of sp³-hybridized carbons (Fsp3) is 0.312. The topological polar surface area (TPSA) is 65.5 Å². The summed E-state index contributed by atoms with van der Waals surface area (Å²) in [7, 11) is 0. The number of thiazole rings is 1. The van der Waals surface area contributed by atoms with E-state index in [1.807, 2.05) is 23.1 Å². The number of piperazine rings is 1. The average Bonchev–Trinajstić information content (AvgIpc) is 3.03. The van der Waals surface area contributed by atoms with Crippen molar-refractivity contribution in [3.05, 3.63) is 41.4 Å². The minimum Gasteiger partial charge on any atom is -0.368 e. The zero-order valence-corrected chi connectivity index (χ0v) is 13.7. The Labute approximate surface area is 138 Å². The highest BCUT2D eigenvalue weighted by atomic mass is 32.1. The molecule has 120 valence electrons. The Kier molecular flexibility index (Phi) is 4.57. The number of rotatable bonds is 3. The van der Waals surface area contributed by atoms with Crippen LogP contribution in [0.2, 0.25) is 0 Å². The molecule has 0 bridgehead atoms. The van der Waals surface area contributed by atoms with E-state index in [0.29, 0.717) is 23.9 Å². The van der Waals surface area contributed by atoms with Gasteiger partial charge in [-0.05, 0) is 12.1 Å². The molecule has 1 N–H and O–H groups in total. The Bertz CT molecular complexity index is 693. The fourth-order valence-corrected chi connectivity index (χ4v) is 3.28. The molecule has 1 aromatic carbocycles. The fourth-order valence-electron chi connectivity index (χ4n) is 2.55. The Morgan fingerprint density at radius 1 is 1.13 bits per heavy atom.